The Labute approximate surface area is 106 Å². The van der Waals surface area contributed by atoms with E-state index in [1.54, 1.807) is 6.92 Å². The third kappa shape index (κ3) is 2.42. The molecule has 88 valence electrons. The zero-order chi connectivity index (χ0) is 12.4. The lowest BCUT2D eigenvalue weighted by Gasteiger charge is -2.31. The van der Waals surface area contributed by atoms with Gasteiger partial charge < -0.3 is 4.90 Å². The van der Waals surface area contributed by atoms with Crippen LogP contribution in [0.25, 0.3) is 0 Å². The van der Waals surface area contributed by atoms with Crippen molar-refractivity contribution in [2.45, 2.75) is 13.8 Å². The number of benzene rings is 1. The molecule has 0 saturated carbocycles. The first-order chi connectivity index (χ1) is 8.09. The Hall–Kier alpha value is -1.55. The van der Waals surface area contributed by atoms with E-state index in [9.17, 15) is 4.79 Å². The quantitative estimate of drug-likeness (QED) is 0.751. The van der Waals surface area contributed by atoms with Crippen molar-refractivity contribution in [2.75, 3.05) is 11.4 Å². The lowest BCUT2D eigenvalue weighted by molar-refractivity contribution is -0.118. The second-order valence-corrected chi connectivity index (χ2v) is 4.51. The van der Waals surface area contributed by atoms with Crippen molar-refractivity contribution < 1.29 is 4.79 Å². The molecule has 1 aliphatic heterocycles. The first kappa shape index (κ1) is 11.9. The molecule has 0 fully saturated rings. The Morgan fingerprint density at radius 3 is 2.65 bits per heavy atom. The van der Waals surface area contributed by atoms with E-state index in [-0.39, 0.29) is 11.7 Å². The lowest BCUT2D eigenvalue weighted by atomic mass is 9.98. The fraction of sp³-hybridized carbons (Fsp3) is 0.308. The summed E-state index contributed by atoms with van der Waals surface area (Å²) in [5.74, 6) is -0.0170. The fourth-order valence-corrected chi connectivity index (χ4v) is 2.25. The predicted molar refractivity (Wildman–Crippen MR) is 73.7 cm³/mol. The molecule has 0 aliphatic carbocycles. The van der Waals surface area contributed by atoms with Gasteiger partial charge in [0.1, 0.15) is 5.78 Å². The Morgan fingerprint density at radius 2 is 2.06 bits per heavy atom. The molecule has 1 aromatic carbocycles. The number of hydrogen-bond donors (Lipinski definition) is 0. The molecule has 1 aliphatic rings. The minimum absolute atomic E-state index is 0.134. The van der Waals surface area contributed by atoms with E-state index in [0.29, 0.717) is 11.7 Å². The smallest absolute Gasteiger partial charge is 0.199 e. The maximum absolute atomic E-state index is 11.5. The van der Waals surface area contributed by atoms with Crippen LogP contribution < -0.4 is 4.90 Å². The van der Waals surface area contributed by atoms with Crippen LogP contribution in [0.15, 0.2) is 35.3 Å². The summed E-state index contributed by atoms with van der Waals surface area (Å²) in [6.07, 6.45) is 0. The van der Waals surface area contributed by atoms with Gasteiger partial charge in [-0.05, 0) is 38.2 Å². The number of carbonyl (C=O) groups excluding carboxylic acids is 1. The normalized spacial score (nSPS) is 20.1. The number of carbonyl (C=O) groups is 1. The molecule has 0 saturated heterocycles. The number of hydrogen-bond acceptors (Lipinski definition) is 2. The Kier molecular flexibility index (Phi) is 3.33. The molecule has 1 atom stereocenters. The van der Waals surface area contributed by atoms with Crippen LogP contribution in [-0.4, -0.2) is 23.2 Å². The second kappa shape index (κ2) is 4.75. The summed E-state index contributed by atoms with van der Waals surface area (Å²) < 4.78 is 0. The third-order valence-electron chi connectivity index (χ3n) is 2.93. The summed E-state index contributed by atoms with van der Waals surface area (Å²) in [4.78, 5) is 17.7. The summed E-state index contributed by atoms with van der Waals surface area (Å²) >= 11 is 5.25. The van der Waals surface area contributed by atoms with Crippen LogP contribution in [0.2, 0.25) is 0 Å². The van der Waals surface area contributed by atoms with Crippen LogP contribution in [0, 0.1) is 5.92 Å². The van der Waals surface area contributed by atoms with Crippen LogP contribution in [0.1, 0.15) is 13.8 Å². The SMILES string of the molecule is CC(=O)C1CN(c2ccccc2)C(=S)N=C1C. The molecule has 1 aromatic rings. The van der Waals surface area contributed by atoms with Crippen LogP contribution >= 0.6 is 12.2 Å². The van der Waals surface area contributed by atoms with Gasteiger partial charge in [0, 0.05) is 17.9 Å². The summed E-state index contributed by atoms with van der Waals surface area (Å²) in [6.45, 7) is 4.05. The number of aliphatic imine (C=N–C) groups is 1. The van der Waals surface area contributed by atoms with E-state index in [4.69, 9.17) is 12.2 Å². The molecule has 17 heavy (non-hydrogen) atoms. The minimum Gasteiger partial charge on any atom is -0.316 e. The third-order valence-corrected chi connectivity index (χ3v) is 3.24. The van der Waals surface area contributed by atoms with Crippen molar-refractivity contribution in [3.8, 4) is 0 Å². The Morgan fingerprint density at radius 1 is 1.41 bits per heavy atom. The average molecular weight is 246 g/mol. The largest absolute Gasteiger partial charge is 0.316 e. The van der Waals surface area contributed by atoms with Gasteiger partial charge in [0.15, 0.2) is 5.11 Å². The number of thiocarbonyl (C=S) groups is 1. The molecule has 0 aromatic heterocycles. The van der Waals surface area contributed by atoms with E-state index in [2.05, 4.69) is 4.99 Å². The molecule has 0 bridgehead atoms. The molecular weight excluding hydrogens is 232 g/mol. The number of rotatable bonds is 2. The van der Waals surface area contributed by atoms with Gasteiger partial charge in [-0.25, -0.2) is 4.99 Å². The second-order valence-electron chi connectivity index (χ2n) is 4.15. The van der Waals surface area contributed by atoms with Gasteiger partial charge in [-0.1, -0.05) is 18.2 Å². The molecule has 3 nitrogen and oxygen atoms in total. The lowest BCUT2D eigenvalue weighted by Crippen LogP contribution is -2.43. The number of nitrogens with zero attached hydrogens (tertiary/aromatic N) is 2. The Bertz CT molecular complexity index is 481. The molecule has 1 heterocycles. The molecule has 4 heteroatoms. The van der Waals surface area contributed by atoms with E-state index < -0.39 is 0 Å². The van der Waals surface area contributed by atoms with E-state index in [0.717, 1.165) is 11.4 Å². The molecule has 0 amide bonds. The standard InChI is InChI=1S/C13H14N2OS/c1-9-12(10(2)16)8-15(13(17)14-9)11-6-4-3-5-7-11/h3-7,12H,8H2,1-2H3. The summed E-state index contributed by atoms with van der Waals surface area (Å²) in [5, 5.41) is 0.534. The zero-order valence-electron chi connectivity index (χ0n) is 9.88. The zero-order valence-corrected chi connectivity index (χ0v) is 10.7. The summed E-state index contributed by atoms with van der Waals surface area (Å²) in [6, 6.07) is 9.80. The van der Waals surface area contributed by atoms with Crippen LogP contribution in [0.4, 0.5) is 5.69 Å². The molecule has 0 radical (unpaired) electrons. The first-order valence-electron chi connectivity index (χ1n) is 5.52. The van der Waals surface area contributed by atoms with Crippen molar-refractivity contribution in [3.63, 3.8) is 0 Å². The Balaban J connectivity index is 2.33. The van der Waals surface area contributed by atoms with Crippen molar-refractivity contribution >= 4 is 34.5 Å². The maximum atomic E-state index is 11.5. The highest BCUT2D eigenvalue weighted by atomic mass is 32.1. The predicted octanol–water partition coefficient (Wildman–Crippen LogP) is 2.46. The number of para-hydroxylation sites is 1. The number of ketones is 1. The molecule has 2 rings (SSSR count). The topological polar surface area (TPSA) is 32.7 Å². The molecule has 0 N–H and O–H groups in total. The number of Topliss-reactive ketones (excluding diaryl/α,β-unsaturated/α-hetero) is 1. The van der Waals surface area contributed by atoms with E-state index in [1.165, 1.54) is 0 Å². The van der Waals surface area contributed by atoms with Gasteiger partial charge in [-0.3, -0.25) is 4.79 Å². The van der Waals surface area contributed by atoms with Gasteiger partial charge in [0.25, 0.3) is 0 Å². The van der Waals surface area contributed by atoms with E-state index in [1.807, 2.05) is 42.2 Å². The van der Waals surface area contributed by atoms with Crippen LogP contribution in [0.5, 0.6) is 0 Å². The molecule has 1 unspecified atom stereocenters. The van der Waals surface area contributed by atoms with Gasteiger partial charge >= 0.3 is 0 Å². The van der Waals surface area contributed by atoms with Crippen molar-refractivity contribution in [3.05, 3.63) is 30.3 Å². The van der Waals surface area contributed by atoms with Crippen LogP contribution in [0.3, 0.4) is 0 Å². The monoisotopic (exact) mass is 246 g/mol. The van der Waals surface area contributed by atoms with Crippen LogP contribution in [-0.2, 0) is 4.79 Å². The molecular formula is C13H14N2OS. The van der Waals surface area contributed by atoms with E-state index >= 15 is 0 Å². The highest BCUT2D eigenvalue weighted by Gasteiger charge is 2.28. The summed E-state index contributed by atoms with van der Waals surface area (Å²) in [7, 11) is 0. The van der Waals surface area contributed by atoms with Gasteiger partial charge in [-0.15, -0.1) is 0 Å². The van der Waals surface area contributed by atoms with Gasteiger partial charge in [0.05, 0.1) is 5.92 Å². The number of anilines is 1. The fourth-order valence-electron chi connectivity index (χ4n) is 1.93. The minimum atomic E-state index is -0.151. The average Bonchev–Trinajstić information content (AvgIpc) is 2.29. The molecule has 0 spiro atoms. The first-order valence-corrected chi connectivity index (χ1v) is 5.92. The highest BCUT2D eigenvalue weighted by molar-refractivity contribution is 7.80. The summed E-state index contributed by atoms with van der Waals surface area (Å²) in [5.41, 5.74) is 1.80. The van der Waals surface area contributed by atoms with Gasteiger partial charge in [0.2, 0.25) is 0 Å². The highest BCUT2D eigenvalue weighted by Crippen LogP contribution is 2.21. The van der Waals surface area contributed by atoms with Crippen molar-refractivity contribution in [1.82, 2.24) is 0 Å². The maximum Gasteiger partial charge on any atom is 0.199 e. The van der Waals surface area contributed by atoms with Gasteiger partial charge in [-0.2, -0.15) is 0 Å². The van der Waals surface area contributed by atoms with Crippen molar-refractivity contribution in [2.24, 2.45) is 10.9 Å². The van der Waals surface area contributed by atoms with Crippen molar-refractivity contribution in [1.29, 1.82) is 0 Å².